The van der Waals surface area contributed by atoms with Crippen molar-refractivity contribution in [2.75, 3.05) is 7.11 Å². The molecule has 0 fully saturated rings. The number of rotatable bonds is 6. The zero-order valence-electron chi connectivity index (χ0n) is 12.9. The van der Waals surface area contributed by atoms with Gasteiger partial charge in [0.2, 0.25) is 0 Å². The van der Waals surface area contributed by atoms with Gasteiger partial charge in [0.1, 0.15) is 12.0 Å². The summed E-state index contributed by atoms with van der Waals surface area (Å²) in [6.07, 6.45) is 0.340. The van der Waals surface area contributed by atoms with Crippen molar-refractivity contribution in [3.63, 3.8) is 0 Å². The van der Waals surface area contributed by atoms with Crippen molar-refractivity contribution >= 4 is 11.6 Å². The molecule has 0 aromatic heterocycles. The van der Waals surface area contributed by atoms with Crippen LogP contribution in [0.2, 0.25) is 5.02 Å². The van der Waals surface area contributed by atoms with Gasteiger partial charge in [-0.25, -0.2) is 0 Å². The van der Waals surface area contributed by atoms with Gasteiger partial charge >= 0.3 is 0 Å². The summed E-state index contributed by atoms with van der Waals surface area (Å²) in [5.41, 5.74) is 7.58. The molecular weight excluding hydrogens is 298 g/mol. The van der Waals surface area contributed by atoms with Crippen LogP contribution in [0.5, 0.6) is 5.75 Å². The van der Waals surface area contributed by atoms with E-state index in [0.29, 0.717) is 11.4 Å². The standard InChI is InChI=1S/C18H22ClNO2/c1-18(12-17(20)21,14-4-3-5-15(19)10-14)11-13-6-8-16(22-2)9-7-13/h3-10,17,21H,11-12,20H2,1-2H3/t17-,18?/m1/s1. The normalized spacial score (nSPS) is 15.1. The van der Waals surface area contributed by atoms with Crippen molar-refractivity contribution in [2.24, 2.45) is 5.73 Å². The molecule has 0 radical (unpaired) electrons. The second kappa shape index (κ2) is 7.14. The third kappa shape index (κ3) is 4.23. The first-order chi connectivity index (χ1) is 10.4. The molecule has 0 aliphatic rings. The molecule has 0 spiro atoms. The zero-order valence-corrected chi connectivity index (χ0v) is 13.7. The first-order valence-corrected chi connectivity index (χ1v) is 7.63. The number of methoxy groups -OCH3 is 1. The molecule has 0 heterocycles. The third-order valence-corrected chi connectivity index (χ3v) is 4.17. The predicted molar refractivity (Wildman–Crippen MR) is 90.3 cm³/mol. The maximum absolute atomic E-state index is 9.70. The molecule has 0 aliphatic carbocycles. The van der Waals surface area contributed by atoms with Crippen molar-refractivity contribution in [3.05, 3.63) is 64.7 Å². The predicted octanol–water partition coefficient (Wildman–Crippen LogP) is 3.52. The molecule has 0 saturated heterocycles. The quantitative estimate of drug-likeness (QED) is 0.801. The lowest BCUT2D eigenvalue weighted by Crippen LogP contribution is -2.34. The van der Waals surface area contributed by atoms with Crippen molar-refractivity contribution in [1.29, 1.82) is 0 Å². The largest absolute Gasteiger partial charge is 0.497 e. The summed E-state index contributed by atoms with van der Waals surface area (Å²) in [5.74, 6) is 0.826. The summed E-state index contributed by atoms with van der Waals surface area (Å²) in [4.78, 5) is 0. The smallest absolute Gasteiger partial charge is 0.118 e. The van der Waals surface area contributed by atoms with Gasteiger partial charge in [0.15, 0.2) is 0 Å². The van der Waals surface area contributed by atoms with E-state index in [4.69, 9.17) is 22.1 Å². The van der Waals surface area contributed by atoms with E-state index in [1.807, 2.05) is 48.5 Å². The first-order valence-electron chi connectivity index (χ1n) is 7.25. The molecule has 1 unspecified atom stereocenters. The molecule has 0 saturated carbocycles. The van der Waals surface area contributed by atoms with Crippen LogP contribution >= 0.6 is 11.6 Å². The van der Waals surface area contributed by atoms with E-state index in [2.05, 4.69) is 6.92 Å². The highest BCUT2D eigenvalue weighted by molar-refractivity contribution is 6.30. The van der Waals surface area contributed by atoms with E-state index >= 15 is 0 Å². The molecule has 3 nitrogen and oxygen atoms in total. The van der Waals surface area contributed by atoms with Crippen LogP contribution in [0.15, 0.2) is 48.5 Å². The van der Waals surface area contributed by atoms with Crippen LogP contribution in [-0.4, -0.2) is 18.4 Å². The van der Waals surface area contributed by atoms with E-state index in [1.54, 1.807) is 7.11 Å². The second-order valence-electron chi connectivity index (χ2n) is 5.87. The highest BCUT2D eigenvalue weighted by Crippen LogP contribution is 2.34. The van der Waals surface area contributed by atoms with Gasteiger partial charge in [-0.05, 0) is 48.2 Å². The minimum absolute atomic E-state index is 0.298. The number of aliphatic hydroxyl groups excluding tert-OH is 1. The van der Waals surface area contributed by atoms with Gasteiger partial charge in [-0.3, -0.25) is 0 Å². The molecule has 22 heavy (non-hydrogen) atoms. The SMILES string of the molecule is COc1ccc(CC(C)(C[C@H](N)O)c2cccc(Cl)c2)cc1. The summed E-state index contributed by atoms with van der Waals surface area (Å²) >= 11 is 6.12. The summed E-state index contributed by atoms with van der Waals surface area (Å²) in [6, 6.07) is 15.7. The molecule has 2 atom stereocenters. The summed E-state index contributed by atoms with van der Waals surface area (Å²) in [5, 5.41) is 10.4. The fourth-order valence-corrected chi connectivity index (χ4v) is 3.00. The number of ether oxygens (including phenoxy) is 1. The maximum Gasteiger partial charge on any atom is 0.118 e. The Bertz CT molecular complexity index is 613. The lowest BCUT2D eigenvalue weighted by atomic mass is 9.74. The van der Waals surface area contributed by atoms with E-state index in [1.165, 1.54) is 0 Å². The monoisotopic (exact) mass is 319 g/mol. The molecular formula is C18H22ClNO2. The Morgan fingerprint density at radius 3 is 2.45 bits per heavy atom. The van der Waals surface area contributed by atoms with Gasteiger partial charge in [-0.1, -0.05) is 42.8 Å². The van der Waals surface area contributed by atoms with Crippen LogP contribution in [0.3, 0.4) is 0 Å². The van der Waals surface area contributed by atoms with E-state index in [9.17, 15) is 5.11 Å². The number of benzene rings is 2. The zero-order chi connectivity index (χ0) is 16.2. The van der Waals surface area contributed by atoms with Gasteiger partial charge in [0.05, 0.1) is 7.11 Å². The van der Waals surface area contributed by atoms with Gasteiger partial charge in [0, 0.05) is 10.4 Å². The Kier molecular flexibility index (Phi) is 5.46. The molecule has 4 heteroatoms. The molecule has 2 aromatic carbocycles. The average molecular weight is 320 g/mol. The summed E-state index contributed by atoms with van der Waals surface area (Å²) in [6.45, 7) is 2.10. The van der Waals surface area contributed by atoms with Crippen LogP contribution < -0.4 is 10.5 Å². The Morgan fingerprint density at radius 2 is 1.91 bits per heavy atom. The summed E-state index contributed by atoms with van der Waals surface area (Å²) in [7, 11) is 1.65. The summed E-state index contributed by atoms with van der Waals surface area (Å²) < 4.78 is 5.19. The number of nitrogens with two attached hydrogens (primary N) is 1. The van der Waals surface area contributed by atoms with E-state index in [-0.39, 0.29) is 5.41 Å². The molecule has 118 valence electrons. The fourth-order valence-electron chi connectivity index (χ4n) is 2.81. The lowest BCUT2D eigenvalue weighted by Gasteiger charge is -2.32. The molecule has 2 aromatic rings. The number of halogens is 1. The minimum Gasteiger partial charge on any atom is -0.497 e. The first kappa shape index (κ1) is 16.8. The Hall–Kier alpha value is -1.55. The van der Waals surface area contributed by atoms with Crippen LogP contribution in [0.1, 0.15) is 24.5 Å². The fraction of sp³-hybridized carbons (Fsp3) is 0.333. The molecule has 0 aliphatic heterocycles. The van der Waals surface area contributed by atoms with Crippen molar-refractivity contribution in [1.82, 2.24) is 0 Å². The molecule has 3 N–H and O–H groups in total. The van der Waals surface area contributed by atoms with Gasteiger partial charge in [0.25, 0.3) is 0 Å². The van der Waals surface area contributed by atoms with E-state index < -0.39 is 6.23 Å². The highest BCUT2D eigenvalue weighted by atomic mass is 35.5. The Balaban J connectivity index is 2.32. The number of hydrogen-bond acceptors (Lipinski definition) is 3. The van der Waals surface area contributed by atoms with Gasteiger partial charge in [-0.15, -0.1) is 0 Å². The minimum atomic E-state index is -0.873. The van der Waals surface area contributed by atoms with Gasteiger partial charge in [-0.2, -0.15) is 0 Å². The van der Waals surface area contributed by atoms with Gasteiger partial charge < -0.3 is 15.6 Å². The van der Waals surface area contributed by atoms with Crippen LogP contribution in [0, 0.1) is 0 Å². The Morgan fingerprint density at radius 1 is 1.23 bits per heavy atom. The van der Waals surface area contributed by atoms with Crippen LogP contribution in [0.25, 0.3) is 0 Å². The number of aliphatic hydroxyl groups is 1. The second-order valence-corrected chi connectivity index (χ2v) is 6.30. The topological polar surface area (TPSA) is 55.5 Å². The van der Waals surface area contributed by atoms with E-state index in [0.717, 1.165) is 23.3 Å². The lowest BCUT2D eigenvalue weighted by molar-refractivity contribution is 0.140. The van der Waals surface area contributed by atoms with Crippen molar-refractivity contribution < 1.29 is 9.84 Å². The third-order valence-electron chi connectivity index (χ3n) is 3.93. The Labute approximate surface area is 136 Å². The molecule has 0 amide bonds. The van der Waals surface area contributed by atoms with Crippen molar-refractivity contribution in [3.8, 4) is 5.75 Å². The average Bonchev–Trinajstić information content (AvgIpc) is 2.47. The number of hydrogen-bond donors (Lipinski definition) is 2. The molecule has 2 rings (SSSR count). The molecule has 0 bridgehead atoms. The maximum atomic E-state index is 9.70. The van der Waals surface area contributed by atoms with Crippen LogP contribution in [0.4, 0.5) is 0 Å². The van der Waals surface area contributed by atoms with Crippen molar-refractivity contribution in [2.45, 2.75) is 31.4 Å². The highest BCUT2D eigenvalue weighted by Gasteiger charge is 2.29. The van der Waals surface area contributed by atoms with Crippen LogP contribution in [-0.2, 0) is 11.8 Å².